The van der Waals surface area contributed by atoms with E-state index in [0.717, 1.165) is 0 Å². The van der Waals surface area contributed by atoms with Gasteiger partial charge in [0.15, 0.2) is 0 Å². The van der Waals surface area contributed by atoms with Crippen LogP contribution in [0, 0.1) is 0 Å². The second-order valence-corrected chi connectivity index (χ2v) is 11.0. The minimum absolute atomic E-state index is 0.0858. The number of nitrogens with two attached hydrogens (primary N) is 4. The van der Waals surface area contributed by atoms with Gasteiger partial charge in [0.2, 0.25) is 33.7 Å². The molecule has 2 heterocycles. The van der Waals surface area contributed by atoms with E-state index in [1.165, 1.54) is 24.3 Å². The minimum atomic E-state index is -3.79. The lowest BCUT2D eigenvalue weighted by molar-refractivity contribution is 0.533. The molecule has 0 spiro atoms. The molecule has 0 aromatic heterocycles. The van der Waals surface area contributed by atoms with Crippen molar-refractivity contribution < 1.29 is 8.42 Å². The number of sulfone groups is 1. The van der Waals surface area contributed by atoms with Crippen LogP contribution in [0.3, 0.4) is 0 Å². The van der Waals surface area contributed by atoms with Gasteiger partial charge in [-0.15, -0.1) is 0 Å². The molecule has 0 amide bonds. The lowest BCUT2D eigenvalue weighted by Gasteiger charge is -2.38. The summed E-state index contributed by atoms with van der Waals surface area (Å²) in [6.45, 7) is 7.31. The first-order chi connectivity index (χ1) is 16.2. The Labute approximate surface area is 203 Å². The van der Waals surface area contributed by atoms with Crippen molar-refractivity contribution >= 4 is 45.1 Å². The summed E-state index contributed by atoms with van der Waals surface area (Å²) in [5, 5.41) is 0. The highest BCUT2D eigenvalue weighted by Crippen LogP contribution is 2.32. The molecule has 0 radical (unpaired) electrons. The van der Waals surface area contributed by atoms with Gasteiger partial charge in [-0.2, -0.15) is 9.98 Å². The maximum atomic E-state index is 13.3. The average molecular weight is 497 g/mol. The van der Waals surface area contributed by atoms with E-state index >= 15 is 0 Å². The van der Waals surface area contributed by atoms with E-state index in [2.05, 4.69) is 20.0 Å². The zero-order valence-electron chi connectivity index (χ0n) is 19.8. The van der Waals surface area contributed by atoms with Crippen molar-refractivity contribution in [3.05, 3.63) is 48.5 Å². The Hall–Kier alpha value is -4.13. The standard InChI is InChI=1S/C22H28N10O2S/c1-21(2)29-17(23)27-19(25)31(21)13-5-9-15(10-6-13)35(33,34)16-11-7-14(8-12-16)32-20(26)28-18(24)30-22(32,3)4/h5-12H,1-4H3,(H4,23,25,27,29)(H4,24,26,28,30). The molecule has 2 aromatic carbocycles. The first-order valence-corrected chi connectivity index (χ1v) is 12.2. The second-order valence-electron chi connectivity index (χ2n) is 9.03. The quantitative estimate of drug-likeness (QED) is 0.479. The van der Waals surface area contributed by atoms with Crippen LogP contribution in [0.5, 0.6) is 0 Å². The first-order valence-electron chi connectivity index (χ1n) is 10.7. The van der Waals surface area contributed by atoms with Crippen LogP contribution in [-0.4, -0.2) is 43.6 Å². The summed E-state index contributed by atoms with van der Waals surface area (Å²) in [7, 11) is -3.79. The number of nitrogens with zero attached hydrogens (tertiary/aromatic N) is 6. The summed E-state index contributed by atoms with van der Waals surface area (Å²) < 4.78 is 26.6. The normalized spacial score (nSPS) is 19.4. The van der Waals surface area contributed by atoms with E-state index in [9.17, 15) is 8.42 Å². The molecule has 2 aromatic rings. The highest BCUT2D eigenvalue weighted by Gasteiger charge is 2.34. The SMILES string of the molecule is CC1(C)N=C(N)N=C(N)N1c1ccc(S(=O)(=O)c2ccc(N3C(N)=NC(N)=NC3(C)C)cc2)cc1. The summed E-state index contributed by atoms with van der Waals surface area (Å²) in [6.07, 6.45) is 0. The Balaban J connectivity index is 1.61. The third kappa shape index (κ3) is 4.25. The van der Waals surface area contributed by atoms with E-state index in [4.69, 9.17) is 22.9 Å². The fourth-order valence-corrected chi connectivity index (χ4v) is 5.45. The average Bonchev–Trinajstić information content (AvgIpc) is 2.71. The molecule has 0 unspecified atom stereocenters. The zero-order valence-corrected chi connectivity index (χ0v) is 20.7. The highest BCUT2D eigenvalue weighted by molar-refractivity contribution is 7.91. The van der Waals surface area contributed by atoms with E-state index < -0.39 is 21.2 Å². The maximum absolute atomic E-state index is 13.3. The molecule has 12 nitrogen and oxygen atoms in total. The third-order valence-electron chi connectivity index (χ3n) is 5.60. The highest BCUT2D eigenvalue weighted by atomic mass is 32.2. The van der Waals surface area contributed by atoms with Crippen molar-refractivity contribution in [2.75, 3.05) is 9.80 Å². The van der Waals surface area contributed by atoms with E-state index in [-0.39, 0.29) is 33.6 Å². The Bertz CT molecular complexity index is 1290. The van der Waals surface area contributed by atoms with Crippen molar-refractivity contribution in [2.45, 2.75) is 48.8 Å². The Morgan fingerprint density at radius 3 is 1.23 bits per heavy atom. The van der Waals surface area contributed by atoms with Crippen LogP contribution in [-0.2, 0) is 9.84 Å². The topological polar surface area (TPSA) is 194 Å². The van der Waals surface area contributed by atoms with Crippen LogP contribution in [0.2, 0.25) is 0 Å². The van der Waals surface area contributed by atoms with Gasteiger partial charge < -0.3 is 22.9 Å². The van der Waals surface area contributed by atoms with Crippen LogP contribution in [0.1, 0.15) is 27.7 Å². The zero-order chi connectivity index (χ0) is 25.8. The van der Waals surface area contributed by atoms with Gasteiger partial charge in [0.25, 0.3) is 0 Å². The fourth-order valence-electron chi connectivity index (χ4n) is 4.19. The number of aliphatic imine (C=N–C) groups is 4. The summed E-state index contributed by atoms with van der Waals surface area (Å²) in [6, 6.07) is 12.7. The molecule has 8 N–H and O–H groups in total. The molecule has 0 atom stereocenters. The van der Waals surface area contributed by atoms with Crippen molar-refractivity contribution in [3.8, 4) is 0 Å². The summed E-state index contributed by atoms with van der Waals surface area (Å²) in [5.74, 6) is 0.511. The number of anilines is 2. The molecule has 2 aliphatic rings. The lowest BCUT2D eigenvalue weighted by Crippen LogP contribution is -2.54. The third-order valence-corrected chi connectivity index (χ3v) is 7.38. The van der Waals surface area contributed by atoms with Crippen LogP contribution in [0.4, 0.5) is 11.4 Å². The van der Waals surface area contributed by atoms with E-state index in [1.807, 2.05) is 27.7 Å². The summed E-state index contributed by atoms with van der Waals surface area (Å²) in [4.78, 5) is 20.2. The molecule has 0 saturated carbocycles. The molecule has 0 aliphatic carbocycles. The molecule has 35 heavy (non-hydrogen) atoms. The van der Waals surface area contributed by atoms with Gasteiger partial charge in [0.1, 0.15) is 11.3 Å². The maximum Gasteiger partial charge on any atom is 0.220 e. The van der Waals surface area contributed by atoms with Gasteiger partial charge in [-0.25, -0.2) is 18.4 Å². The monoisotopic (exact) mass is 496 g/mol. The van der Waals surface area contributed by atoms with Crippen molar-refractivity contribution in [1.82, 2.24) is 0 Å². The predicted molar refractivity (Wildman–Crippen MR) is 138 cm³/mol. The van der Waals surface area contributed by atoms with Crippen molar-refractivity contribution in [3.63, 3.8) is 0 Å². The van der Waals surface area contributed by atoms with Gasteiger partial charge in [0.05, 0.1) is 9.79 Å². The first kappa shape index (κ1) is 24.0. The van der Waals surface area contributed by atoms with Crippen LogP contribution in [0.25, 0.3) is 0 Å². The molecule has 2 aliphatic heterocycles. The summed E-state index contributed by atoms with van der Waals surface area (Å²) >= 11 is 0. The van der Waals surface area contributed by atoms with Gasteiger partial charge in [0, 0.05) is 11.4 Å². The Kier molecular flexibility index (Phi) is 5.47. The van der Waals surface area contributed by atoms with Crippen molar-refractivity contribution in [1.29, 1.82) is 0 Å². The molecular weight excluding hydrogens is 468 g/mol. The van der Waals surface area contributed by atoms with E-state index in [0.29, 0.717) is 11.4 Å². The van der Waals surface area contributed by atoms with Crippen LogP contribution >= 0.6 is 0 Å². The molecule has 0 fully saturated rings. The van der Waals surface area contributed by atoms with Gasteiger partial charge in [-0.1, -0.05) is 0 Å². The minimum Gasteiger partial charge on any atom is -0.369 e. The van der Waals surface area contributed by atoms with Gasteiger partial charge in [-0.05, 0) is 76.2 Å². The van der Waals surface area contributed by atoms with E-state index in [1.54, 1.807) is 34.1 Å². The second kappa shape index (κ2) is 7.98. The Morgan fingerprint density at radius 1 is 0.629 bits per heavy atom. The smallest absolute Gasteiger partial charge is 0.220 e. The summed E-state index contributed by atoms with van der Waals surface area (Å²) in [5.41, 5.74) is 23.3. The number of hydrogen-bond donors (Lipinski definition) is 4. The molecular formula is C22H28N10O2S. The predicted octanol–water partition coefficient (Wildman–Crippen LogP) is 0.890. The number of hydrogen-bond acceptors (Lipinski definition) is 12. The molecule has 4 rings (SSSR count). The number of benzene rings is 2. The fraction of sp³-hybridized carbons (Fsp3) is 0.273. The molecule has 0 saturated heterocycles. The largest absolute Gasteiger partial charge is 0.369 e. The van der Waals surface area contributed by atoms with Crippen LogP contribution in [0.15, 0.2) is 78.3 Å². The van der Waals surface area contributed by atoms with Gasteiger partial charge >= 0.3 is 0 Å². The number of guanidine groups is 4. The number of rotatable bonds is 4. The van der Waals surface area contributed by atoms with Crippen LogP contribution < -0.4 is 32.7 Å². The molecule has 0 bridgehead atoms. The Morgan fingerprint density at radius 2 is 0.943 bits per heavy atom. The lowest BCUT2D eigenvalue weighted by atomic mass is 10.1. The molecule has 13 heteroatoms. The molecule has 184 valence electrons. The van der Waals surface area contributed by atoms with Gasteiger partial charge in [-0.3, -0.25) is 9.80 Å². The van der Waals surface area contributed by atoms with Crippen molar-refractivity contribution in [2.24, 2.45) is 42.9 Å².